The third-order valence-corrected chi connectivity index (χ3v) is 4.07. The van der Waals surface area contributed by atoms with Crippen LogP contribution in [0.3, 0.4) is 0 Å². The third kappa shape index (κ3) is 3.48. The number of pyridine rings is 1. The van der Waals surface area contributed by atoms with Crippen molar-refractivity contribution < 1.29 is 4.74 Å². The van der Waals surface area contributed by atoms with E-state index >= 15 is 0 Å². The van der Waals surface area contributed by atoms with Crippen LogP contribution in [0.1, 0.15) is 25.1 Å². The zero-order valence-corrected chi connectivity index (χ0v) is 14.0. The number of alkyl halides is 1. The van der Waals surface area contributed by atoms with E-state index in [0.29, 0.717) is 11.8 Å². The largest absolute Gasteiger partial charge is 0.481 e. The highest BCUT2D eigenvalue weighted by molar-refractivity contribution is 6.17. The summed E-state index contributed by atoms with van der Waals surface area (Å²) in [5.74, 6) is 2.35. The fourth-order valence-corrected chi connectivity index (χ4v) is 2.86. The molecule has 0 aliphatic heterocycles. The van der Waals surface area contributed by atoms with Gasteiger partial charge in [0.05, 0.1) is 7.11 Å². The fraction of sp³-hybridized carbons (Fsp3) is 0.333. The topological polar surface area (TPSA) is 39.9 Å². The Morgan fingerprint density at radius 1 is 1.00 bits per heavy atom. The van der Waals surface area contributed by atoms with Crippen molar-refractivity contribution in [2.24, 2.45) is 0 Å². The molecule has 0 N–H and O–H groups in total. The van der Waals surface area contributed by atoms with Crippen molar-refractivity contribution in [1.82, 2.24) is 14.5 Å². The highest BCUT2D eigenvalue weighted by Gasteiger charge is 2.14. The number of imidazole rings is 1. The highest BCUT2D eigenvalue weighted by atomic mass is 35.5. The third-order valence-electron chi connectivity index (χ3n) is 3.81. The highest BCUT2D eigenvalue weighted by Crippen LogP contribution is 2.23. The predicted octanol–water partition coefficient (Wildman–Crippen LogP) is 4.38. The first-order valence-corrected chi connectivity index (χ1v) is 8.40. The number of hydrogen-bond donors (Lipinski definition) is 0. The minimum Gasteiger partial charge on any atom is -0.481 e. The maximum Gasteiger partial charge on any atom is 0.215 e. The number of aromatic nitrogens is 3. The van der Waals surface area contributed by atoms with E-state index in [1.54, 1.807) is 7.11 Å². The summed E-state index contributed by atoms with van der Waals surface area (Å²) in [6.45, 7) is 0. The first-order valence-electron chi connectivity index (χ1n) is 7.87. The van der Waals surface area contributed by atoms with E-state index in [1.807, 2.05) is 30.3 Å². The number of hydrogen-bond acceptors (Lipinski definition) is 3. The molecule has 0 spiro atoms. The molecule has 0 bridgehead atoms. The molecule has 3 aromatic rings. The zero-order valence-electron chi connectivity index (χ0n) is 13.2. The Bertz CT molecular complexity index is 771. The summed E-state index contributed by atoms with van der Waals surface area (Å²) < 4.78 is 7.39. The second-order valence-electron chi connectivity index (χ2n) is 5.39. The second kappa shape index (κ2) is 7.47. The molecule has 0 fully saturated rings. The Labute approximate surface area is 141 Å². The van der Waals surface area contributed by atoms with Crippen molar-refractivity contribution in [1.29, 1.82) is 0 Å². The number of fused-ring (bicyclic) bond motifs is 1. The number of unbranched alkanes of at least 4 members (excludes halogenated alkanes) is 2. The van der Waals surface area contributed by atoms with E-state index in [-0.39, 0.29) is 0 Å². The number of nitrogens with zero attached hydrogens (tertiary/aromatic N) is 3. The number of rotatable bonds is 7. The van der Waals surface area contributed by atoms with Gasteiger partial charge in [-0.15, -0.1) is 11.6 Å². The smallest absolute Gasteiger partial charge is 0.215 e. The van der Waals surface area contributed by atoms with Crippen LogP contribution in [0.2, 0.25) is 0 Å². The van der Waals surface area contributed by atoms with Crippen LogP contribution in [-0.2, 0) is 6.42 Å². The Balaban J connectivity index is 2.03. The monoisotopic (exact) mass is 329 g/mol. The molecule has 4 nitrogen and oxygen atoms in total. The van der Waals surface area contributed by atoms with Crippen LogP contribution in [0.25, 0.3) is 16.9 Å². The molecule has 0 aliphatic rings. The van der Waals surface area contributed by atoms with Crippen molar-refractivity contribution in [2.75, 3.05) is 13.0 Å². The Hall–Kier alpha value is -2.07. The van der Waals surface area contributed by atoms with Crippen LogP contribution in [-0.4, -0.2) is 27.5 Å². The lowest BCUT2D eigenvalue weighted by Crippen LogP contribution is -2.02. The van der Waals surface area contributed by atoms with Crippen LogP contribution in [0, 0.1) is 0 Å². The van der Waals surface area contributed by atoms with Crippen LogP contribution >= 0.6 is 11.6 Å². The number of aryl methyl sites for hydroxylation is 1. The van der Waals surface area contributed by atoms with E-state index in [0.717, 1.165) is 48.4 Å². The standard InChI is InChI=1S/C18H20ClN3O/c1-23-17-12-11-15-18(21-17)22(14-8-4-2-5-9-14)16(20-15)10-6-3-7-13-19/h2,4-5,8-9,11-12H,3,6-7,10,13H2,1H3. The lowest BCUT2D eigenvalue weighted by Gasteiger charge is -2.09. The van der Waals surface area contributed by atoms with Gasteiger partial charge in [0.15, 0.2) is 5.65 Å². The van der Waals surface area contributed by atoms with E-state index < -0.39 is 0 Å². The SMILES string of the molecule is COc1ccc2nc(CCCCCCl)n(-c3ccccc3)c2n1. The minimum atomic E-state index is 0.600. The van der Waals surface area contributed by atoms with Gasteiger partial charge in [-0.2, -0.15) is 4.98 Å². The number of benzene rings is 1. The lowest BCUT2D eigenvalue weighted by atomic mass is 10.2. The zero-order chi connectivity index (χ0) is 16.1. The molecule has 0 aliphatic carbocycles. The van der Waals surface area contributed by atoms with Crippen molar-refractivity contribution in [3.63, 3.8) is 0 Å². The molecule has 0 amide bonds. The maximum absolute atomic E-state index is 5.76. The molecule has 1 aromatic carbocycles. The van der Waals surface area contributed by atoms with Crippen LogP contribution in [0.5, 0.6) is 5.88 Å². The Kier molecular flexibility index (Phi) is 5.13. The van der Waals surface area contributed by atoms with Gasteiger partial charge in [-0.1, -0.05) is 24.6 Å². The molecule has 5 heteroatoms. The fourth-order valence-electron chi connectivity index (χ4n) is 2.67. The summed E-state index contributed by atoms with van der Waals surface area (Å²) in [4.78, 5) is 9.37. The molecule has 120 valence electrons. The normalized spacial score (nSPS) is 11.0. The van der Waals surface area contributed by atoms with Crippen molar-refractivity contribution in [2.45, 2.75) is 25.7 Å². The first-order chi connectivity index (χ1) is 11.3. The lowest BCUT2D eigenvalue weighted by molar-refractivity contribution is 0.399. The number of methoxy groups -OCH3 is 1. The van der Waals surface area contributed by atoms with E-state index in [4.69, 9.17) is 21.3 Å². The molecule has 23 heavy (non-hydrogen) atoms. The quantitative estimate of drug-likeness (QED) is 0.477. The van der Waals surface area contributed by atoms with Gasteiger partial charge in [-0.3, -0.25) is 4.57 Å². The van der Waals surface area contributed by atoms with Gasteiger partial charge in [-0.25, -0.2) is 4.98 Å². The van der Waals surface area contributed by atoms with Gasteiger partial charge in [0.2, 0.25) is 5.88 Å². The van der Waals surface area contributed by atoms with Crippen molar-refractivity contribution in [3.8, 4) is 11.6 Å². The molecule has 2 heterocycles. The van der Waals surface area contributed by atoms with Gasteiger partial charge in [0.1, 0.15) is 11.3 Å². The van der Waals surface area contributed by atoms with Crippen LogP contribution in [0.4, 0.5) is 0 Å². The maximum atomic E-state index is 5.76. The molecular formula is C18H20ClN3O. The summed E-state index contributed by atoms with van der Waals surface area (Å²) in [6, 6.07) is 14.0. The molecular weight excluding hydrogens is 310 g/mol. The molecule has 0 atom stereocenters. The van der Waals surface area contributed by atoms with Gasteiger partial charge in [0.25, 0.3) is 0 Å². The molecule has 0 unspecified atom stereocenters. The average Bonchev–Trinajstić information content (AvgIpc) is 2.96. The van der Waals surface area contributed by atoms with Gasteiger partial charge >= 0.3 is 0 Å². The van der Waals surface area contributed by atoms with Crippen molar-refractivity contribution >= 4 is 22.8 Å². The van der Waals surface area contributed by atoms with E-state index in [1.165, 1.54) is 0 Å². The van der Waals surface area contributed by atoms with Crippen LogP contribution in [0.15, 0.2) is 42.5 Å². The Morgan fingerprint density at radius 2 is 1.83 bits per heavy atom. The summed E-state index contributed by atoms with van der Waals surface area (Å²) in [5, 5.41) is 0. The Morgan fingerprint density at radius 3 is 2.57 bits per heavy atom. The molecule has 0 radical (unpaired) electrons. The van der Waals surface area contributed by atoms with Gasteiger partial charge in [-0.05, 0) is 31.0 Å². The first kappa shape index (κ1) is 15.8. The molecule has 0 saturated heterocycles. The summed E-state index contributed by atoms with van der Waals surface area (Å²) in [5.41, 5.74) is 2.80. The predicted molar refractivity (Wildman–Crippen MR) is 93.7 cm³/mol. The van der Waals surface area contributed by atoms with Gasteiger partial charge < -0.3 is 4.74 Å². The number of ether oxygens (including phenoxy) is 1. The average molecular weight is 330 g/mol. The molecule has 0 saturated carbocycles. The molecule has 2 aromatic heterocycles. The minimum absolute atomic E-state index is 0.600. The van der Waals surface area contributed by atoms with E-state index in [9.17, 15) is 0 Å². The van der Waals surface area contributed by atoms with E-state index in [2.05, 4.69) is 21.7 Å². The summed E-state index contributed by atoms with van der Waals surface area (Å²) in [7, 11) is 1.63. The molecule has 3 rings (SSSR count). The second-order valence-corrected chi connectivity index (χ2v) is 5.77. The van der Waals surface area contributed by atoms with Crippen molar-refractivity contribution in [3.05, 3.63) is 48.3 Å². The summed E-state index contributed by atoms with van der Waals surface area (Å²) >= 11 is 5.76. The van der Waals surface area contributed by atoms with Gasteiger partial charge in [0, 0.05) is 24.1 Å². The number of halogens is 1. The van der Waals surface area contributed by atoms with Crippen LogP contribution < -0.4 is 4.74 Å². The number of para-hydroxylation sites is 1. The summed E-state index contributed by atoms with van der Waals surface area (Å²) in [6.07, 6.45) is 4.13.